The number of rotatable bonds is 4. The lowest BCUT2D eigenvalue weighted by Crippen LogP contribution is -2.63. The largest absolute Gasteiger partial charge is 0.369 e. The third kappa shape index (κ3) is 3.45. The average Bonchev–Trinajstić information content (AvgIpc) is 2.08. The van der Waals surface area contributed by atoms with Gasteiger partial charge in [-0.2, -0.15) is 0 Å². The van der Waals surface area contributed by atoms with Gasteiger partial charge in [-0.25, -0.2) is 0 Å². The van der Waals surface area contributed by atoms with E-state index in [0.29, 0.717) is 13.1 Å². The first kappa shape index (κ1) is 14.3. The highest BCUT2D eigenvalue weighted by atomic mass is 16.1. The molecule has 0 unspecified atom stereocenters. The van der Waals surface area contributed by atoms with E-state index < -0.39 is 0 Å². The van der Waals surface area contributed by atoms with E-state index in [1.165, 1.54) is 0 Å². The minimum Gasteiger partial charge on any atom is -0.369 e. The van der Waals surface area contributed by atoms with Crippen molar-refractivity contribution in [1.82, 2.24) is 9.80 Å². The van der Waals surface area contributed by atoms with E-state index in [4.69, 9.17) is 11.5 Å². The molecule has 0 saturated carbocycles. The zero-order valence-corrected chi connectivity index (χ0v) is 11.8. The van der Waals surface area contributed by atoms with Crippen LogP contribution in [0.15, 0.2) is 0 Å². The summed E-state index contributed by atoms with van der Waals surface area (Å²) in [5.74, 6) is -0.553. The first-order valence-electron chi connectivity index (χ1n) is 6.71. The smallest absolute Gasteiger partial charge is 0.231 e. The molecule has 2 amide bonds. The lowest BCUT2D eigenvalue weighted by atomic mass is 9.65. The van der Waals surface area contributed by atoms with Crippen molar-refractivity contribution in [1.29, 1.82) is 0 Å². The normalized spacial score (nSPS) is 36.1. The lowest BCUT2D eigenvalue weighted by molar-refractivity contribution is -0.126. The maximum Gasteiger partial charge on any atom is 0.231 e. The molecule has 19 heavy (non-hydrogen) atoms. The molecule has 0 atom stereocenters. The van der Waals surface area contributed by atoms with Crippen LogP contribution in [0, 0.1) is 10.8 Å². The van der Waals surface area contributed by atoms with Crippen LogP contribution < -0.4 is 11.5 Å². The fraction of sp³-hybridized carbons (Fsp3) is 0.846. The number of likely N-dealkylation sites (tertiary alicyclic amines) is 2. The Hall–Kier alpha value is -1.14. The first-order valence-corrected chi connectivity index (χ1v) is 6.71. The van der Waals surface area contributed by atoms with E-state index in [9.17, 15) is 9.59 Å². The van der Waals surface area contributed by atoms with Gasteiger partial charge in [0.2, 0.25) is 11.8 Å². The Morgan fingerprint density at radius 3 is 1.47 bits per heavy atom. The Morgan fingerprint density at radius 1 is 0.895 bits per heavy atom. The summed E-state index contributed by atoms with van der Waals surface area (Å²) < 4.78 is 0. The van der Waals surface area contributed by atoms with Crippen molar-refractivity contribution in [3.63, 3.8) is 0 Å². The predicted octanol–water partition coefficient (Wildman–Crippen LogP) is -1.01. The molecule has 2 heterocycles. The Labute approximate surface area is 114 Å². The second-order valence-electron chi connectivity index (χ2n) is 7.02. The van der Waals surface area contributed by atoms with E-state index in [1.807, 2.05) is 0 Å². The van der Waals surface area contributed by atoms with Crippen LogP contribution in [0.1, 0.15) is 20.3 Å². The minimum absolute atomic E-state index is 0.0934. The van der Waals surface area contributed by atoms with Crippen LogP contribution in [-0.2, 0) is 9.59 Å². The number of fused-ring (bicyclic) bond motifs is 2. The summed E-state index contributed by atoms with van der Waals surface area (Å²) in [4.78, 5) is 26.5. The third-order valence-electron chi connectivity index (χ3n) is 4.03. The molecule has 2 fully saturated rings. The molecule has 4 N–H and O–H groups in total. The summed E-state index contributed by atoms with van der Waals surface area (Å²) in [5, 5.41) is 0. The number of amides is 2. The van der Waals surface area contributed by atoms with Crippen molar-refractivity contribution in [2.75, 3.05) is 39.3 Å². The molecule has 6 nitrogen and oxygen atoms in total. The molecule has 0 aliphatic carbocycles. The van der Waals surface area contributed by atoms with Gasteiger partial charge in [0.05, 0.1) is 13.1 Å². The second-order valence-corrected chi connectivity index (χ2v) is 7.02. The summed E-state index contributed by atoms with van der Waals surface area (Å²) in [6, 6.07) is 0. The molecule has 108 valence electrons. The van der Waals surface area contributed by atoms with Gasteiger partial charge in [0, 0.05) is 26.2 Å². The van der Waals surface area contributed by atoms with Crippen LogP contribution in [-0.4, -0.2) is 60.9 Å². The lowest BCUT2D eigenvalue weighted by Gasteiger charge is -2.56. The maximum atomic E-state index is 11.1. The van der Waals surface area contributed by atoms with Crippen LogP contribution in [0.4, 0.5) is 0 Å². The van der Waals surface area contributed by atoms with Gasteiger partial charge in [-0.3, -0.25) is 19.4 Å². The van der Waals surface area contributed by atoms with Crippen molar-refractivity contribution in [3.05, 3.63) is 0 Å². The molecule has 2 aliphatic heterocycles. The molecular formula is C13H24N4O2. The summed E-state index contributed by atoms with van der Waals surface area (Å²) >= 11 is 0. The number of carbonyl (C=O) groups is 2. The fourth-order valence-electron chi connectivity index (χ4n) is 4.29. The zero-order chi connectivity index (χ0) is 14.3. The first-order chi connectivity index (χ1) is 8.70. The van der Waals surface area contributed by atoms with Gasteiger partial charge >= 0.3 is 0 Å². The average molecular weight is 268 g/mol. The highest BCUT2D eigenvalue weighted by Crippen LogP contribution is 2.45. The van der Waals surface area contributed by atoms with Gasteiger partial charge in [0.25, 0.3) is 0 Å². The van der Waals surface area contributed by atoms with E-state index >= 15 is 0 Å². The van der Waals surface area contributed by atoms with Crippen LogP contribution in [0.5, 0.6) is 0 Å². The second kappa shape index (κ2) is 4.76. The van der Waals surface area contributed by atoms with Gasteiger partial charge in [-0.05, 0) is 17.3 Å². The number of hydrogen-bond donors (Lipinski definition) is 2. The Kier molecular flexibility index (Phi) is 3.57. The Bertz CT molecular complexity index is 348. The SMILES string of the molecule is CC12CN(CC(N)=O)CC(C)(CN(CC(N)=O)C1)C2. The van der Waals surface area contributed by atoms with Crippen LogP contribution in [0.2, 0.25) is 0 Å². The molecule has 2 saturated heterocycles. The van der Waals surface area contributed by atoms with Crippen molar-refractivity contribution in [3.8, 4) is 0 Å². The highest BCUT2D eigenvalue weighted by Gasteiger charge is 2.48. The predicted molar refractivity (Wildman–Crippen MR) is 72.1 cm³/mol. The number of nitrogens with zero attached hydrogens (tertiary/aromatic N) is 2. The molecule has 2 bridgehead atoms. The number of carbonyl (C=O) groups excluding carboxylic acids is 2. The monoisotopic (exact) mass is 268 g/mol. The van der Waals surface area contributed by atoms with Gasteiger partial charge in [-0.1, -0.05) is 13.8 Å². The summed E-state index contributed by atoms with van der Waals surface area (Å²) in [6.07, 6.45) is 1.12. The van der Waals surface area contributed by atoms with Crippen molar-refractivity contribution in [2.24, 2.45) is 22.3 Å². The van der Waals surface area contributed by atoms with E-state index in [-0.39, 0.29) is 22.6 Å². The number of primary amides is 2. The molecule has 0 aromatic carbocycles. The molecule has 0 aromatic heterocycles. The van der Waals surface area contributed by atoms with E-state index in [0.717, 1.165) is 32.6 Å². The number of nitrogens with two attached hydrogens (primary N) is 2. The topological polar surface area (TPSA) is 92.7 Å². The van der Waals surface area contributed by atoms with Crippen molar-refractivity contribution >= 4 is 11.8 Å². The quantitative estimate of drug-likeness (QED) is 0.683. The Morgan fingerprint density at radius 2 is 1.21 bits per heavy atom. The number of hydrogen-bond acceptors (Lipinski definition) is 4. The van der Waals surface area contributed by atoms with Crippen molar-refractivity contribution in [2.45, 2.75) is 20.3 Å². The van der Waals surface area contributed by atoms with E-state index in [1.54, 1.807) is 0 Å². The van der Waals surface area contributed by atoms with E-state index in [2.05, 4.69) is 23.6 Å². The number of piperidine rings is 2. The summed E-state index contributed by atoms with van der Waals surface area (Å²) in [7, 11) is 0. The van der Waals surface area contributed by atoms with Gasteiger partial charge in [-0.15, -0.1) is 0 Å². The molecule has 0 aromatic rings. The van der Waals surface area contributed by atoms with Crippen molar-refractivity contribution < 1.29 is 9.59 Å². The summed E-state index contributed by atoms with van der Waals surface area (Å²) in [6.45, 7) is 8.46. The Balaban J connectivity index is 2.10. The molecule has 0 spiro atoms. The maximum absolute atomic E-state index is 11.1. The molecule has 2 rings (SSSR count). The van der Waals surface area contributed by atoms with Gasteiger partial charge < -0.3 is 11.5 Å². The molecule has 0 radical (unpaired) electrons. The zero-order valence-electron chi connectivity index (χ0n) is 11.8. The third-order valence-corrected chi connectivity index (χ3v) is 4.03. The minimum atomic E-state index is -0.277. The van der Waals surface area contributed by atoms with Gasteiger partial charge in [0.15, 0.2) is 0 Å². The van der Waals surface area contributed by atoms with Gasteiger partial charge in [0.1, 0.15) is 0 Å². The van der Waals surface area contributed by atoms with Crippen LogP contribution in [0.25, 0.3) is 0 Å². The molecular weight excluding hydrogens is 244 g/mol. The fourth-order valence-corrected chi connectivity index (χ4v) is 4.29. The van der Waals surface area contributed by atoms with Crippen LogP contribution >= 0.6 is 0 Å². The summed E-state index contributed by atoms with van der Waals surface area (Å²) in [5.41, 5.74) is 10.8. The van der Waals surface area contributed by atoms with Crippen LogP contribution in [0.3, 0.4) is 0 Å². The molecule has 6 heteroatoms. The molecule has 2 aliphatic rings. The highest BCUT2D eigenvalue weighted by molar-refractivity contribution is 5.76. The standard InChI is InChI=1S/C13H24N4O2/c1-12-5-13(2,8-16(6-12)3-10(14)18)9-17(7-12)4-11(15)19/h3-9H2,1-2H3,(H2,14,18)(H2,15,19).